The summed E-state index contributed by atoms with van der Waals surface area (Å²) in [5, 5.41) is 0.614. The minimum Gasteiger partial charge on any atom is -0.482 e. The number of rotatable bonds is 6. The molecular weight excluding hydrogens is 384 g/mol. The number of nitrogens with one attached hydrogen (secondary N) is 2. The summed E-state index contributed by atoms with van der Waals surface area (Å²) in [4.78, 5) is 23.0. The van der Waals surface area contributed by atoms with E-state index in [9.17, 15) is 22.8 Å². The van der Waals surface area contributed by atoms with E-state index in [4.69, 9.17) is 27.9 Å². The second kappa shape index (κ2) is 7.97. The van der Waals surface area contributed by atoms with Crippen LogP contribution in [0.3, 0.4) is 0 Å². The Kier molecular flexibility index (Phi) is 6.18. The number of amides is 1. The maximum Gasteiger partial charge on any atom is 0.454 e. The Morgan fingerprint density at radius 3 is 2.56 bits per heavy atom. The number of halogens is 5. The fourth-order valence-electron chi connectivity index (χ4n) is 2.22. The van der Waals surface area contributed by atoms with Crippen molar-refractivity contribution in [1.29, 1.82) is 0 Å². The first-order chi connectivity index (χ1) is 11.7. The normalized spacial score (nSPS) is 14.4. The van der Waals surface area contributed by atoms with Crippen LogP contribution in [-0.2, 0) is 9.59 Å². The van der Waals surface area contributed by atoms with Crippen molar-refractivity contribution < 1.29 is 27.5 Å². The number of hydrazine groups is 1. The molecule has 1 aromatic rings. The molecule has 0 bridgehead atoms. The van der Waals surface area contributed by atoms with Crippen LogP contribution in [0.25, 0.3) is 0 Å². The van der Waals surface area contributed by atoms with Gasteiger partial charge in [-0.25, -0.2) is 0 Å². The zero-order chi connectivity index (χ0) is 18.6. The fraction of sp³-hybridized carbons (Fsp3) is 0.333. The molecule has 0 saturated heterocycles. The SMILES string of the molecule is O=C(COc1ccc(Cl)cc1Cl)NNC1=C(C(=O)C(F)(F)F)CCC1. The van der Waals surface area contributed by atoms with Crippen LogP contribution in [0.2, 0.25) is 10.0 Å². The molecule has 0 aromatic heterocycles. The number of hydrogen-bond donors (Lipinski definition) is 2. The Hall–Kier alpha value is -1.93. The van der Waals surface area contributed by atoms with Gasteiger partial charge >= 0.3 is 6.18 Å². The zero-order valence-corrected chi connectivity index (χ0v) is 14.2. The van der Waals surface area contributed by atoms with Gasteiger partial charge in [0.2, 0.25) is 0 Å². The first kappa shape index (κ1) is 19.4. The standard InChI is InChI=1S/C15H13Cl2F3N2O3/c16-8-4-5-12(10(17)6-8)25-7-13(23)22-21-11-3-1-2-9(11)14(24)15(18,19)20/h4-6,21H,1-3,7H2,(H,22,23). The molecule has 0 atom stereocenters. The van der Waals surface area contributed by atoms with Crippen LogP contribution in [0.1, 0.15) is 19.3 Å². The van der Waals surface area contributed by atoms with Gasteiger partial charge in [0.15, 0.2) is 6.61 Å². The van der Waals surface area contributed by atoms with E-state index in [-0.39, 0.29) is 34.9 Å². The highest BCUT2D eigenvalue weighted by molar-refractivity contribution is 6.35. The van der Waals surface area contributed by atoms with E-state index in [0.29, 0.717) is 11.4 Å². The third-order valence-electron chi connectivity index (χ3n) is 3.35. The Bertz CT molecular complexity index is 720. The highest BCUT2D eigenvalue weighted by Gasteiger charge is 2.42. The minimum absolute atomic E-state index is 0.00737. The summed E-state index contributed by atoms with van der Waals surface area (Å²) in [6.45, 7) is -0.426. The predicted molar refractivity (Wildman–Crippen MR) is 85.2 cm³/mol. The van der Waals surface area contributed by atoms with Crippen molar-refractivity contribution >= 4 is 34.9 Å². The van der Waals surface area contributed by atoms with Crippen LogP contribution in [0.5, 0.6) is 5.75 Å². The molecule has 10 heteroatoms. The van der Waals surface area contributed by atoms with Gasteiger partial charge < -0.3 is 10.2 Å². The summed E-state index contributed by atoms with van der Waals surface area (Å²) in [5.41, 5.74) is 4.26. The van der Waals surface area contributed by atoms with Gasteiger partial charge in [-0.2, -0.15) is 13.2 Å². The number of Topliss-reactive ketones (excluding diaryl/α,β-unsaturated/α-hetero) is 1. The number of benzene rings is 1. The maximum absolute atomic E-state index is 12.5. The summed E-state index contributed by atoms with van der Waals surface area (Å²) in [6.07, 6.45) is -4.30. The molecule has 5 nitrogen and oxygen atoms in total. The number of carbonyl (C=O) groups excluding carboxylic acids is 2. The van der Waals surface area contributed by atoms with Gasteiger partial charge in [0, 0.05) is 16.3 Å². The van der Waals surface area contributed by atoms with Gasteiger partial charge in [-0.05, 0) is 37.5 Å². The van der Waals surface area contributed by atoms with E-state index in [0.717, 1.165) is 0 Å². The average molecular weight is 397 g/mol. The van der Waals surface area contributed by atoms with E-state index in [1.54, 1.807) is 0 Å². The lowest BCUT2D eigenvalue weighted by Gasteiger charge is -2.13. The number of carbonyl (C=O) groups is 2. The number of hydrogen-bond acceptors (Lipinski definition) is 4. The van der Waals surface area contributed by atoms with Crippen LogP contribution in [0.4, 0.5) is 13.2 Å². The monoisotopic (exact) mass is 396 g/mol. The predicted octanol–water partition coefficient (Wildman–Crippen LogP) is 3.56. The number of ether oxygens (including phenoxy) is 1. The van der Waals surface area contributed by atoms with Gasteiger partial charge in [0.05, 0.1) is 5.02 Å². The highest BCUT2D eigenvalue weighted by atomic mass is 35.5. The molecule has 0 radical (unpaired) electrons. The summed E-state index contributed by atoms with van der Waals surface area (Å²) in [5.74, 6) is -2.32. The molecule has 25 heavy (non-hydrogen) atoms. The molecule has 0 heterocycles. The second-order valence-corrected chi connectivity index (χ2v) is 6.02. The minimum atomic E-state index is -4.94. The molecule has 136 valence electrons. The average Bonchev–Trinajstić information content (AvgIpc) is 2.98. The fourth-order valence-corrected chi connectivity index (χ4v) is 2.68. The Labute approximate surface area is 151 Å². The van der Waals surface area contributed by atoms with Crippen molar-refractivity contribution in [3.05, 3.63) is 39.5 Å². The number of ketones is 1. The van der Waals surface area contributed by atoms with Crippen LogP contribution in [0.15, 0.2) is 29.5 Å². The molecule has 1 aromatic carbocycles. The third-order valence-corrected chi connectivity index (χ3v) is 3.89. The largest absolute Gasteiger partial charge is 0.482 e. The summed E-state index contributed by atoms with van der Waals surface area (Å²) in [7, 11) is 0. The first-order valence-electron chi connectivity index (χ1n) is 7.14. The molecule has 0 saturated carbocycles. The quantitative estimate of drug-likeness (QED) is 0.721. The summed E-state index contributed by atoms with van der Waals surface area (Å²) in [6, 6.07) is 4.44. The summed E-state index contributed by atoms with van der Waals surface area (Å²) >= 11 is 11.6. The lowest BCUT2D eigenvalue weighted by Crippen LogP contribution is -2.40. The van der Waals surface area contributed by atoms with Gasteiger partial charge in [-0.1, -0.05) is 23.2 Å². The van der Waals surface area contributed by atoms with Crippen molar-refractivity contribution in [2.75, 3.05) is 6.61 Å². The van der Waals surface area contributed by atoms with E-state index in [1.165, 1.54) is 18.2 Å². The second-order valence-electron chi connectivity index (χ2n) is 5.17. The molecule has 0 spiro atoms. The Balaban J connectivity index is 1.90. The van der Waals surface area contributed by atoms with Crippen LogP contribution in [-0.4, -0.2) is 24.5 Å². The number of alkyl halides is 3. The lowest BCUT2D eigenvalue weighted by atomic mass is 10.1. The maximum atomic E-state index is 12.5. The molecule has 0 fully saturated rings. The van der Waals surface area contributed by atoms with Crippen LogP contribution >= 0.6 is 23.2 Å². The van der Waals surface area contributed by atoms with E-state index < -0.39 is 24.5 Å². The molecule has 2 rings (SSSR count). The molecule has 0 unspecified atom stereocenters. The van der Waals surface area contributed by atoms with Crippen molar-refractivity contribution in [2.45, 2.75) is 25.4 Å². The molecular formula is C15H13Cl2F3N2O3. The van der Waals surface area contributed by atoms with Gasteiger partial charge in [-0.3, -0.25) is 15.0 Å². The third kappa shape index (κ3) is 5.27. The molecule has 0 aliphatic heterocycles. The Morgan fingerprint density at radius 2 is 1.92 bits per heavy atom. The van der Waals surface area contributed by atoms with Crippen molar-refractivity contribution in [3.63, 3.8) is 0 Å². The van der Waals surface area contributed by atoms with Gasteiger partial charge in [0.1, 0.15) is 5.75 Å². The van der Waals surface area contributed by atoms with Crippen molar-refractivity contribution in [1.82, 2.24) is 10.9 Å². The lowest BCUT2D eigenvalue weighted by molar-refractivity contribution is -0.166. The Morgan fingerprint density at radius 1 is 1.20 bits per heavy atom. The number of allylic oxidation sites excluding steroid dienone is 2. The van der Waals surface area contributed by atoms with Crippen molar-refractivity contribution in [2.24, 2.45) is 0 Å². The molecule has 1 aliphatic rings. The highest BCUT2D eigenvalue weighted by Crippen LogP contribution is 2.31. The van der Waals surface area contributed by atoms with Gasteiger partial charge in [-0.15, -0.1) is 0 Å². The molecule has 2 N–H and O–H groups in total. The van der Waals surface area contributed by atoms with Crippen molar-refractivity contribution in [3.8, 4) is 5.75 Å². The van der Waals surface area contributed by atoms with Crippen LogP contribution in [0, 0.1) is 0 Å². The first-order valence-corrected chi connectivity index (χ1v) is 7.90. The zero-order valence-electron chi connectivity index (χ0n) is 12.7. The van der Waals surface area contributed by atoms with Gasteiger partial charge in [0.25, 0.3) is 11.7 Å². The van der Waals surface area contributed by atoms with E-state index in [1.807, 2.05) is 0 Å². The molecule has 1 aliphatic carbocycles. The smallest absolute Gasteiger partial charge is 0.454 e. The van der Waals surface area contributed by atoms with E-state index >= 15 is 0 Å². The van der Waals surface area contributed by atoms with Crippen LogP contribution < -0.4 is 15.6 Å². The molecule has 1 amide bonds. The van der Waals surface area contributed by atoms with E-state index in [2.05, 4.69) is 10.9 Å². The summed E-state index contributed by atoms with van der Waals surface area (Å²) < 4.78 is 42.7. The topological polar surface area (TPSA) is 67.4 Å².